The van der Waals surface area contributed by atoms with Crippen molar-refractivity contribution in [1.29, 1.82) is 0 Å². The van der Waals surface area contributed by atoms with Gasteiger partial charge in [-0.2, -0.15) is 0 Å². The van der Waals surface area contributed by atoms with E-state index in [1.165, 1.54) is 4.90 Å². The molecule has 0 saturated carbocycles. The molecule has 0 unspecified atom stereocenters. The number of benzene rings is 3. The fraction of sp³-hybridized carbons (Fsp3) is 0.269. The summed E-state index contributed by atoms with van der Waals surface area (Å²) in [4.78, 5) is 12.0. The molecule has 0 spiro atoms. The topological polar surface area (TPSA) is 55.8 Å². The molecule has 0 heterocycles. The molecule has 0 bridgehead atoms. The third kappa shape index (κ3) is 7.50. The molecule has 6 heteroatoms. The zero-order valence-electron chi connectivity index (χ0n) is 18.2. The van der Waals surface area contributed by atoms with Crippen LogP contribution in [0.25, 0.3) is 0 Å². The highest BCUT2D eigenvalue weighted by Gasteiger charge is 2.11. The quantitative estimate of drug-likeness (QED) is 0.296. The number of carbonyl (C=O) groups is 1. The summed E-state index contributed by atoms with van der Waals surface area (Å²) in [7, 11) is 0. The van der Waals surface area contributed by atoms with Crippen molar-refractivity contribution in [2.45, 2.75) is 43.3 Å². The largest absolute Gasteiger partial charge is 0.490 e. The van der Waals surface area contributed by atoms with E-state index >= 15 is 0 Å². The van der Waals surface area contributed by atoms with Crippen molar-refractivity contribution < 1.29 is 19.4 Å². The molecule has 1 N–H and O–H groups in total. The number of ether oxygens (including phenoxy) is 2. The van der Waals surface area contributed by atoms with Gasteiger partial charge in [-0.25, -0.2) is 0 Å². The van der Waals surface area contributed by atoms with Gasteiger partial charge in [0.2, 0.25) is 0 Å². The van der Waals surface area contributed by atoms with Crippen LogP contribution in [0, 0.1) is 6.92 Å². The van der Waals surface area contributed by atoms with Crippen molar-refractivity contribution >= 4 is 29.3 Å². The van der Waals surface area contributed by atoms with Gasteiger partial charge in [0, 0.05) is 27.7 Å². The third-order valence-electron chi connectivity index (χ3n) is 4.92. The average Bonchev–Trinajstić information content (AvgIpc) is 2.75. The van der Waals surface area contributed by atoms with Gasteiger partial charge in [-0.15, -0.1) is 11.8 Å². The number of hydrogen-bond donors (Lipinski definition) is 1. The summed E-state index contributed by atoms with van der Waals surface area (Å²) in [5.41, 5.74) is 2.21. The highest BCUT2D eigenvalue weighted by atomic mass is 35.5. The van der Waals surface area contributed by atoms with Gasteiger partial charge in [-0.05, 0) is 67.3 Å². The SMILES string of the molecule is Cc1cc(S[C@H](C)CCOc2ccc(Cl)cc2Oc2ccccc2)ccc1CCC(=O)O. The van der Waals surface area contributed by atoms with E-state index in [9.17, 15) is 4.79 Å². The van der Waals surface area contributed by atoms with Gasteiger partial charge in [0.15, 0.2) is 11.5 Å². The van der Waals surface area contributed by atoms with Gasteiger partial charge in [-0.1, -0.05) is 42.8 Å². The Kier molecular flexibility index (Phi) is 8.89. The molecule has 0 fully saturated rings. The van der Waals surface area contributed by atoms with Crippen LogP contribution in [0.2, 0.25) is 5.02 Å². The normalized spacial score (nSPS) is 11.7. The molecule has 32 heavy (non-hydrogen) atoms. The number of thioether (sulfide) groups is 1. The smallest absolute Gasteiger partial charge is 0.303 e. The van der Waals surface area contributed by atoms with Crippen molar-refractivity contribution in [3.63, 3.8) is 0 Å². The lowest BCUT2D eigenvalue weighted by molar-refractivity contribution is -0.136. The van der Waals surface area contributed by atoms with Crippen LogP contribution in [0.4, 0.5) is 0 Å². The second-order valence-corrected chi connectivity index (χ2v) is 9.50. The molecule has 0 aromatic heterocycles. The molecule has 0 aliphatic heterocycles. The van der Waals surface area contributed by atoms with Crippen molar-refractivity contribution in [1.82, 2.24) is 0 Å². The molecule has 4 nitrogen and oxygen atoms in total. The van der Waals surface area contributed by atoms with Gasteiger partial charge >= 0.3 is 5.97 Å². The number of carboxylic acids is 1. The average molecular weight is 471 g/mol. The minimum atomic E-state index is -0.769. The number of hydrogen-bond acceptors (Lipinski definition) is 4. The number of rotatable bonds is 11. The third-order valence-corrected chi connectivity index (χ3v) is 6.32. The van der Waals surface area contributed by atoms with E-state index in [4.69, 9.17) is 26.2 Å². The lowest BCUT2D eigenvalue weighted by atomic mass is 10.0. The molecule has 0 radical (unpaired) electrons. The molecular weight excluding hydrogens is 444 g/mol. The maximum Gasteiger partial charge on any atom is 0.303 e. The summed E-state index contributed by atoms with van der Waals surface area (Å²) < 4.78 is 12.0. The number of aliphatic carboxylic acids is 1. The standard InChI is InChI=1S/C26H27ClO4S/c1-18-16-23(11-8-20(18)9-13-26(28)29)32-19(2)14-15-30-24-12-10-21(27)17-25(24)31-22-6-4-3-5-7-22/h3-8,10-12,16-17,19H,9,13-15H2,1-2H3,(H,28,29)/t19-/m1/s1. The van der Waals surface area contributed by atoms with E-state index in [1.54, 1.807) is 23.9 Å². The van der Waals surface area contributed by atoms with Gasteiger partial charge in [0.25, 0.3) is 0 Å². The Balaban J connectivity index is 1.53. The van der Waals surface area contributed by atoms with E-state index < -0.39 is 5.97 Å². The van der Waals surface area contributed by atoms with E-state index in [0.29, 0.717) is 34.8 Å². The molecule has 3 aromatic carbocycles. The maximum absolute atomic E-state index is 10.8. The number of halogens is 1. The Morgan fingerprint density at radius 3 is 2.56 bits per heavy atom. The summed E-state index contributed by atoms with van der Waals surface area (Å²) in [6.07, 6.45) is 1.57. The number of carboxylic acid groups (broad SMARTS) is 1. The molecule has 3 rings (SSSR count). The molecule has 168 valence electrons. The van der Waals surface area contributed by atoms with Crippen LogP contribution in [0.1, 0.15) is 30.9 Å². The minimum absolute atomic E-state index is 0.155. The maximum atomic E-state index is 10.8. The first-order valence-corrected chi connectivity index (χ1v) is 11.8. The minimum Gasteiger partial charge on any atom is -0.490 e. The van der Waals surface area contributed by atoms with Gasteiger partial charge in [0.05, 0.1) is 6.61 Å². The summed E-state index contributed by atoms with van der Waals surface area (Å²) in [6, 6.07) is 21.2. The highest BCUT2D eigenvalue weighted by Crippen LogP contribution is 2.34. The van der Waals surface area contributed by atoms with Crippen LogP contribution in [-0.4, -0.2) is 22.9 Å². The van der Waals surface area contributed by atoms with E-state index in [0.717, 1.165) is 23.3 Å². The molecule has 1 atom stereocenters. The number of para-hydroxylation sites is 1. The van der Waals surface area contributed by atoms with Crippen molar-refractivity contribution in [2.24, 2.45) is 0 Å². The van der Waals surface area contributed by atoms with Crippen molar-refractivity contribution in [2.75, 3.05) is 6.61 Å². The lowest BCUT2D eigenvalue weighted by Gasteiger charge is -2.16. The molecular formula is C26H27ClO4S. The zero-order chi connectivity index (χ0) is 22.9. The van der Waals surface area contributed by atoms with Crippen LogP contribution in [-0.2, 0) is 11.2 Å². The molecule has 0 aliphatic rings. The summed E-state index contributed by atoms with van der Waals surface area (Å²) >= 11 is 7.94. The van der Waals surface area contributed by atoms with Crippen molar-refractivity contribution in [3.05, 3.63) is 82.9 Å². The molecule has 0 saturated heterocycles. The van der Waals surface area contributed by atoms with Gasteiger partial charge in [0.1, 0.15) is 5.75 Å². The summed E-state index contributed by atoms with van der Waals surface area (Å²) in [5.74, 6) is 1.21. The molecule has 3 aromatic rings. The Morgan fingerprint density at radius 2 is 1.84 bits per heavy atom. The van der Waals surface area contributed by atoms with Gasteiger partial charge < -0.3 is 14.6 Å². The Morgan fingerprint density at radius 1 is 1.06 bits per heavy atom. The Hall–Kier alpha value is -2.63. The summed E-state index contributed by atoms with van der Waals surface area (Å²) in [5, 5.41) is 9.82. The van der Waals surface area contributed by atoms with Crippen LogP contribution >= 0.6 is 23.4 Å². The Labute approximate surface area is 198 Å². The first-order chi connectivity index (χ1) is 15.4. The first kappa shape index (κ1) is 24.0. The fourth-order valence-corrected chi connectivity index (χ4v) is 4.42. The second kappa shape index (κ2) is 11.8. The van der Waals surface area contributed by atoms with Crippen LogP contribution in [0.3, 0.4) is 0 Å². The van der Waals surface area contributed by atoms with Crippen LogP contribution in [0.5, 0.6) is 17.2 Å². The van der Waals surface area contributed by atoms with Crippen molar-refractivity contribution in [3.8, 4) is 17.2 Å². The lowest BCUT2D eigenvalue weighted by Crippen LogP contribution is -2.06. The van der Waals surface area contributed by atoms with E-state index in [2.05, 4.69) is 19.1 Å². The first-order valence-electron chi connectivity index (χ1n) is 10.5. The van der Waals surface area contributed by atoms with Crippen LogP contribution in [0.15, 0.2) is 71.6 Å². The van der Waals surface area contributed by atoms with E-state index in [1.807, 2.05) is 49.4 Å². The van der Waals surface area contributed by atoms with Gasteiger partial charge in [-0.3, -0.25) is 4.79 Å². The zero-order valence-corrected chi connectivity index (χ0v) is 19.8. The molecule has 0 amide bonds. The molecule has 0 aliphatic carbocycles. The van der Waals surface area contributed by atoms with E-state index in [-0.39, 0.29) is 6.42 Å². The van der Waals surface area contributed by atoms with Crippen LogP contribution < -0.4 is 9.47 Å². The summed E-state index contributed by atoms with van der Waals surface area (Å²) in [6.45, 7) is 4.76. The Bertz CT molecular complexity index is 1040. The fourth-order valence-electron chi connectivity index (χ4n) is 3.19. The second-order valence-electron chi connectivity index (χ2n) is 7.55. The highest BCUT2D eigenvalue weighted by molar-refractivity contribution is 7.99. The monoisotopic (exact) mass is 470 g/mol. The number of aryl methyl sites for hydroxylation is 2. The predicted octanol–water partition coefficient (Wildman–Crippen LogP) is 7.41. The predicted molar refractivity (Wildman–Crippen MR) is 131 cm³/mol.